The summed E-state index contributed by atoms with van der Waals surface area (Å²) >= 11 is 12.6. The van der Waals surface area contributed by atoms with Crippen LogP contribution in [0.4, 0.5) is 10.1 Å². The first-order chi connectivity index (χ1) is 22.0. The number of nitrogens with one attached hydrogen (secondary N) is 1. The van der Waals surface area contributed by atoms with E-state index >= 15 is 0 Å². The highest BCUT2D eigenvalue weighted by Crippen LogP contribution is 2.33. The second-order valence-electron chi connectivity index (χ2n) is 10.1. The van der Waals surface area contributed by atoms with E-state index in [0.717, 1.165) is 22.0 Å². The summed E-state index contributed by atoms with van der Waals surface area (Å²) in [5.74, 6) is -1.34. The number of likely N-dealkylation sites (N-methyl/N-ethyl adjacent to an activating group) is 1. The molecule has 242 valence electrons. The Labute approximate surface area is 277 Å². The summed E-state index contributed by atoms with van der Waals surface area (Å²) in [6, 6.07) is 21.4. The van der Waals surface area contributed by atoms with Crippen LogP contribution < -0.4 is 19.1 Å². The van der Waals surface area contributed by atoms with Crippen LogP contribution in [0.25, 0.3) is 0 Å². The molecule has 0 radical (unpaired) electrons. The van der Waals surface area contributed by atoms with Crippen LogP contribution in [0.2, 0.25) is 10.0 Å². The minimum absolute atomic E-state index is 0.0218. The first-order valence-electron chi connectivity index (χ1n) is 14.0. The molecule has 0 aliphatic rings. The molecule has 1 N–H and O–H groups in total. The van der Waals surface area contributed by atoms with Crippen LogP contribution in [0.3, 0.4) is 0 Å². The van der Waals surface area contributed by atoms with Crippen molar-refractivity contribution in [2.45, 2.75) is 23.9 Å². The molecule has 0 saturated heterocycles. The first-order valence-corrected chi connectivity index (χ1v) is 16.2. The Morgan fingerprint density at radius 2 is 1.57 bits per heavy atom. The number of amides is 2. The number of rotatable bonds is 13. The number of ether oxygens (including phenoxy) is 2. The zero-order chi connectivity index (χ0) is 33.4. The maximum atomic E-state index is 14.4. The van der Waals surface area contributed by atoms with Crippen molar-refractivity contribution >= 4 is 50.7 Å². The number of hydrogen-bond donors (Lipinski definition) is 1. The number of nitrogens with zero attached hydrogens (tertiary/aromatic N) is 2. The topological polar surface area (TPSA) is 105 Å². The molecule has 0 aliphatic heterocycles. The summed E-state index contributed by atoms with van der Waals surface area (Å²) in [5.41, 5.74) is 1.27. The van der Waals surface area contributed by atoms with Gasteiger partial charge in [0, 0.05) is 36.1 Å². The van der Waals surface area contributed by atoms with E-state index in [4.69, 9.17) is 32.7 Å². The van der Waals surface area contributed by atoms with Gasteiger partial charge in [-0.25, -0.2) is 12.8 Å². The van der Waals surface area contributed by atoms with Crippen molar-refractivity contribution in [2.75, 3.05) is 32.1 Å². The Morgan fingerprint density at radius 1 is 0.891 bits per heavy atom. The van der Waals surface area contributed by atoms with E-state index in [1.54, 1.807) is 12.1 Å². The van der Waals surface area contributed by atoms with E-state index in [2.05, 4.69) is 5.32 Å². The lowest BCUT2D eigenvalue weighted by molar-refractivity contribution is -0.139. The fourth-order valence-electron chi connectivity index (χ4n) is 4.79. The lowest BCUT2D eigenvalue weighted by Crippen LogP contribution is -2.53. The molecule has 4 aromatic carbocycles. The molecule has 0 heterocycles. The number of halogens is 3. The molecule has 4 rings (SSSR count). The fraction of sp³-hybridized carbons (Fsp3) is 0.212. The SMILES string of the molecule is CNC(=O)C(Cc1ccccc1)N(Cc1ccc(Cl)cc1Cl)C(=O)CN(c1ccc(F)cc1)S(=O)(=O)c1ccc(OC)c(OC)c1. The number of anilines is 1. The summed E-state index contributed by atoms with van der Waals surface area (Å²) in [7, 11) is -0.243. The highest BCUT2D eigenvalue weighted by atomic mass is 35.5. The third-order valence-electron chi connectivity index (χ3n) is 7.21. The van der Waals surface area contributed by atoms with Crippen LogP contribution in [-0.2, 0) is 32.6 Å². The Hall–Kier alpha value is -4.32. The van der Waals surface area contributed by atoms with E-state index in [1.807, 2.05) is 30.3 Å². The lowest BCUT2D eigenvalue weighted by Gasteiger charge is -2.33. The van der Waals surface area contributed by atoms with Gasteiger partial charge in [0.25, 0.3) is 10.0 Å². The van der Waals surface area contributed by atoms with Gasteiger partial charge in [-0.15, -0.1) is 0 Å². The molecule has 0 spiro atoms. The van der Waals surface area contributed by atoms with E-state index in [0.29, 0.717) is 16.3 Å². The quantitative estimate of drug-likeness (QED) is 0.193. The molecule has 0 saturated carbocycles. The van der Waals surface area contributed by atoms with Crippen molar-refractivity contribution in [3.05, 3.63) is 118 Å². The smallest absolute Gasteiger partial charge is 0.264 e. The first kappa shape index (κ1) is 34.6. The number of benzene rings is 4. The molecule has 1 atom stereocenters. The molecule has 13 heteroatoms. The van der Waals surface area contributed by atoms with Crippen LogP contribution >= 0.6 is 23.2 Å². The maximum Gasteiger partial charge on any atom is 0.264 e. The van der Waals surface area contributed by atoms with E-state index < -0.39 is 40.2 Å². The predicted molar refractivity (Wildman–Crippen MR) is 175 cm³/mol. The standard InChI is InChI=1S/C33H32Cl2FN3O6S/c1-37-33(41)29(17-22-7-5-4-6-8-22)38(20-23-9-10-24(34)18-28(23)35)32(40)21-39(26-13-11-25(36)12-14-26)46(42,43)27-15-16-30(44-2)31(19-27)45-3/h4-16,18-19,29H,17,20-21H2,1-3H3,(H,37,41). The van der Waals surface area contributed by atoms with Crippen LogP contribution in [0.5, 0.6) is 11.5 Å². The second kappa shape index (κ2) is 15.3. The number of methoxy groups -OCH3 is 2. The molecular formula is C33H32Cl2FN3O6S. The van der Waals surface area contributed by atoms with E-state index in [1.165, 1.54) is 62.6 Å². The lowest BCUT2D eigenvalue weighted by atomic mass is 10.0. The predicted octanol–water partition coefficient (Wildman–Crippen LogP) is 5.73. The zero-order valence-corrected chi connectivity index (χ0v) is 27.6. The summed E-state index contributed by atoms with van der Waals surface area (Å²) in [6.07, 6.45) is 0.121. The van der Waals surface area contributed by atoms with Gasteiger partial charge in [0.1, 0.15) is 18.4 Å². The van der Waals surface area contributed by atoms with Gasteiger partial charge in [0.2, 0.25) is 11.8 Å². The third-order valence-corrected chi connectivity index (χ3v) is 9.57. The van der Waals surface area contributed by atoms with Gasteiger partial charge in [-0.05, 0) is 59.7 Å². The average molecular weight is 689 g/mol. The van der Waals surface area contributed by atoms with Crippen LogP contribution in [0, 0.1) is 5.82 Å². The summed E-state index contributed by atoms with van der Waals surface area (Å²) in [6.45, 7) is -0.886. The minimum atomic E-state index is -4.47. The van der Waals surface area contributed by atoms with Crippen molar-refractivity contribution < 1.29 is 31.9 Å². The molecule has 2 amide bonds. The normalized spacial score (nSPS) is 11.8. The zero-order valence-electron chi connectivity index (χ0n) is 25.2. The monoisotopic (exact) mass is 687 g/mol. The van der Waals surface area contributed by atoms with Gasteiger partial charge >= 0.3 is 0 Å². The minimum Gasteiger partial charge on any atom is -0.493 e. The molecule has 46 heavy (non-hydrogen) atoms. The third kappa shape index (κ3) is 8.09. The number of carbonyl (C=O) groups is 2. The van der Waals surface area contributed by atoms with E-state index in [-0.39, 0.29) is 34.3 Å². The average Bonchev–Trinajstić information content (AvgIpc) is 3.06. The molecule has 9 nitrogen and oxygen atoms in total. The van der Waals surface area contributed by atoms with Crippen molar-refractivity contribution in [1.29, 1.82) is 0 Å². The Morgan fingerprint density at radius 3 is 2.17 bits per heavy atom. The second-order valence-corrected chi connectivity index (χ2v) is 12.8. The molecule has 0 aliphatic carbocycles. The number of carbonyl (C=O) groups excluding carboxylic acids is 2. The van der Waals surface area contributed by atoms with Gasteiger partial charge < -0.3 is 19.7 Å². The van der Waals surface area contributed by atoms with E-state index in [9.17, 15) is 22.4 Å². The summed E-state index contributed by atoms with van der Waals surface area (Å²) in [4.78, 5) is 28.8. The van der Waals surface area contributed by atoms with Crippen LogP contribution in [0.1, 0.15) is 11.1 Å². The summed E-state index contributed by atoms with van der Waals surface area (Å²) < 4.78 is 53.8. The molecule has 0 fully saturated rings. The maximum absolute atomic E-state index is 14.4. The Bertz CT molecular complexity index is 1790. The molecule has 4 aromatic rings. The van der Waals surface area contributed by atoms with Crippen molar-refractivity contribution in [3.63, 3.8) is 0 Å². The molecule has 0 bridgehead atoms. The van der Waals surface area contributed by atoms with Gasteiger partial charge in [0.15, 0.2) is 11.5 Å². The molecule has 1 unspecified atom stereocenters. The fourth-order valence-corrected chi connectivity index (χ4v) is 6.69. The Balaban J connectivity index is 1.82. The van der Waals surface area contributed by atoms with Crippen LogP contribution in [-0.4, -0.2) is 59.0 Å². The highest BCUT2D eigenvalue weighted by Gasteiger charge is 2.35. The van der Waals surface area contributed by atoms with Crippen molar-refractivity contribution in [3.8, 4) is 11.5 Å². The summed E-state index contributed by atoms with van der Waals surface area (Å²) in [5, 5.41) is 3.25. The number of hydrogen-bond acceptors (Lipinski definition) is 6. The Kier molecular flexibility index (Phi) is 11.5. The molecular weight excluding hydrogens is 656 g/mol. The van der Waals surface area contributed by atoms with Crippen molar-refractivity contribution in [2.24, 2.45) is 0 Å². The molecule has 0 aromatic heterocycles. The highest BCUT2D eigenvalue weighted by molar-refractivity contribution is 7.92. The van der Waals surface area contributed by atoms with Gasteiger partial charge in [-0.1, -0.05) is 59.6 Å². The van der Waals surface area contributed by atoms with Crippen molar-refractivity contribution in [1.82, 2.24) is 10.2 Å². The van der Waals surface area contributed by atoms with Crippen LogP contribution in [0.15, 0.2) is 95.9 Å². The van der Waals surface area contributed by atoms with Gasteiger partial charge in [-0.3, -0.25) is 13.9 Å². The number of sulfonamides is 1. The van der Waals surface area contributed by atoms with Gasteiger partial charge in [-0.2, -0.15) is 0 Å². The van der Waals surface area contributed by atoms with Gasteiger partial charge in [0.05, 0.1) is 24.8 Å². The largest absolute Gasteiger partial charge is 0.493 e.